The molecule has 7 heteroatoms. The van der Waals surface area contributed by atoms with Crippen molar-refractivity contribution in [2.75, 3.05) is 0 Å². The van der Waals surface area contributed by atoms with Crippen LogP contribution in [0.4, 0.5) is 0 Å². The van der Waals surface area contributed by atoms with Crippen molar-refractivity contribution in [2.24, 2.45) is 0 Å². The molecule has 0 saturated carbocycles. The molecule has 0 aliphatic carbocycles. The Balaban J connectivity index is -0.0000000133. The van der Waals surface area contributed by atoms with Gasteiger partial charge in [0.15, 0.2) is 0 Å². The van der Waals surface area contributed by atoms with Crippen molar-refractivity contribution in [1.29, 1.82) is 10.5 Å². The first-order chi connectivity index (χ1) is 2.41. The standard InChI is InChI=1S/2CN.2BrH.Cu.2Li/c2*1-2;;;;;/h;;2*1H;;;/q;;;;;2*+1/p-2. The Hall–Kier alpha value is 1.65. The minimum absolute atomic E-state index is 0. The average molecular weight is 289 g/mol. The predicted molar refractivity (Wildman–Crippen MR) is 11.2 cm³/mol. The molecule has 0 heterocycles. The number of nitriles is 2. The van der Waals surface area contributed by atoms with Crippen LogP contribution in [0.2, 0.25) is 0 Å². The molecule has 0 aromatic heterocycles. The zero-order valence-electron chi connectivity index (χ0n) is 4.95. The van der Waals surface area contributed by atoms with E-state index in [1.165, 1.54) is 0 Å². The molecule has 9 heavy (non-hydrogen) atoms. The maximum atomic E-state index is 7.55. The Kier molecular flexibility index (Phi) is 115. The molecule has 0 aromatic carbocycles. The fourth-order valence-electron chi connectivity index (χ4n) is 0.0151. The second-order valence-corrected chi connectivity index (χ2v) is 0.867. The van der Waals surface area contributed by atoms with E-state index < -0.39 is 0 Å². The van der Waals surface area contributed by atoms with Crippen LogP contribution in [0.3, 0.4) is 0 Å². The van der Waals surface area contributed by atoms with Crippen LogP contribution in [-0.4, -0.2) is 0 Å². The van der Waals surface area contributed by atoms with Crippen LogP contribution in [0, 0.1) is 20.5 Å². The Bertz CT molecular complexity index is 85.7. The average Bonchev–Trinajstić information content (AvgIpc) is 1.41. The summed E-state index contributed by atoms with van der Waals surface area (Å²) in [6.07, 6.45) is 0. The van der Waals surface area contributed by atoms with Crippen molar-refractivity contribution >= 4 is 0 Å². The second kappa shape index (κ2) is 33.4. The minimum atomic E-state index is 0. The number of halogens is 2. The van der Waals surface area contributed by atoms with Crippen molar-refractivity contribution in [3.63, 3.8) is 0 Å². The van der Waals surface area contributed by atoms with Gasteiger partial charge in [-0.15, -0.1) is 0 Å². The molecule has 0 spiro atoms. The summed E-state index contributed by atoms with van der Waals surface area (Å²) in [7, 11) is 0. The van der Waals surface area contributed by atoms with Gasteiger partial charge >= 0.3 is 73.1 Å². The molecule has 2 nitrogen and oxygen atoms in total. The third kappa shape index (κ3) is 42.4. The van der Waals surface area contributed by atoms with Crippen LogP contribution in [0.15, 0.2) is 0 Å². The van der Waals surface area contributed by atoms with Crippen molar-refractivity contribution < 1.29 is 86.6 Å². The summed E-state index contributed by atoms with van der Waals surface area (Å²) in [5.41, 5.74) is 0. The number of nitrogens with zero attached hydrogens (tertiary/aromatic N) is 2. The van der Waals surface area contributed by atoms with Gasteiger partial charge in [-0.3, -0.25) is 0 Å². The maximum absolute atomic E-state index is 7.55. The predicted octanol–water partition coefficient (Wildman–Crippen LogP) is -12.0. The molecule has 45 valence electrons. The summed E-state index contributed by atoms with van der Waals surface area (Å²) >= 11 is 0.646. The summed E-state index contributed by atoms with van der Waals surface area (Å²) < 4.78 is 0. The van der Waals surface area contributed by atoms with E-state index >= 15 is 0 Å². The summed E-state index contributed by atoms with van der Waals surface area (Å²) in [5.74, 6) is 0. The largest absolute Gasteiger partial charge is 1.00 e. The minimum Gasteiger partial charge on any atom is -1.00 e. The van der Waals surface area contributed by atoms with E-state index in [1.54, 1.807) is 9.94 Å². The molecule has 0 aromatic rings. The first-order valence-electron chi connectivity index (χ1n) is 0.749. The van der Waals surface area contributed by atoms with Crippen LogP contribution < -0.4 is 71.7 Å². The quantitative estimate of drug-likeness (QED) is 0.416. The van der Waals surface area contributed by atoms with Crippen molar-refractivity contribution in [2.45, 2.75) is 0 Å². The maximum Gasteiger partial charge on any atom is 1.00 e. The number of hydrogen-bond acceptors (Lipinski definition) is 2. The van der Waals surface area contributed by atoms with Gasteiger partial charge in [0, 0.05) is 0 Å². The molecule has 0 radical (unpaired) electrons. The molecule has 0 rings (SSSR count). The fourth-order valence-corrected chi connectivity index (χ4v) is 0.0622. The van der Waals surface area contributed by atoms with Gasteiger partial charge in [0.2, 0.25) is 0 Å². The third-order valence-corrected chi connectivity index (χ3v) is 0.278. The van der Waals surface area contributed by atoms with Crippen LogP contribution in [0.5, 0.6) is 0 Å². The topological polar surface area (TPSA) is 47.6 Å². The fraction of sp³-hybridized carbons (Fsp3) is 0. The normalized spacial score (nSPS) is 2.89. The Labute approximate surface area is 106 Å². The van der Waals surface area contributed by atoms with Gasteiger partial charge < -0.3 is 34.0 Å². The number of hydrogen-bond donors (Lipinski definition) is 0. The van der Waals surface area contributed by atoms with Gasteiger partial charge in [0.25, 0.3) is 0 Å². The zero-order valence-corrected chi connectivity index (χ0v) is 9.07. The molecule has 0 aliphatic rings. The SMILES string of the molecule is N#[C][Cu][C]#N.[Br-].[Br-].[Li+].[Li+]. The van der Waals surface area contributed by atoms with E-state index in [0.717, 1.165) is 0 Å². The molecule has 0 atom stereocenters. The molecular formula is C2Br2CuLi2N2. The molecule has 0 aliphatic heterocycles. The van der Waals surface area contributed by atoms with Gasteiger partial charge in [-0.25, -0.2) is 0 Å². The van der Waals surface area contributed by atoms with Crippen LogP contribution >= 0.6 is 0 Å². The van der Waals surface area contributed by atoms with Crippen molar-refractivity contribution in [3.05, 3.63) is 0 Å². The van der Waals surface area contributed by atoms with Gasteiger partial charge in [-0.2, -0.15) is 0 Å². The Morgan fingerprint density at radius 1 is 0.889 bits per heavy atom. The first kappa shape index (κ1) is 31.1. The van der Waals surface area contributed by atoms with E-state index in [4.69, 9.17) is 10.5 Å². The van der Waals surface area contributed by atoms with E-state index in [9.17, 15) is 0 Å². The molecule has 0 amide bonds. The summed E-state index contributed by atoms with van der Waals surface area (Å²) in [5, 5.41) is 15.1. The molecular weight excluding hydrogens is 289 g/mol. The monoisotopic (exact) mass is 287 g/mol. The van der Waals surface area contributed by atoms with Gasteiger partial charge in [-0.1, -0.05) is 0 Å². The van der Waals surface area contributed by atoms with Crippen LogP contribution in [-0.2, 0) is 15.0 Å². The van der Waals surface area contributed by atoms with E-state index in [2.05, 4.69) is 0 Å². The molecule has 0 fully saturated rings. The second-order valence-electron chi connectivity index (χ2n) is 0.210. The van der Waals surface area contributed by atoms with Crippen LogP contribution in [0.1, 0.15) is 0 Å². The number of rotatable bonds is 0. The van der Waals surface area contributed by atoms with E-state index in [0.29, 0.717) is 15.0 Å². The van der Waals surface area contributed by atoms with E-state index in [1.807, 2.05) is 0 Å². The molecule has 0 saturated heterocycles. The summed E-state index contributed by atoms with van der Waals surface area (Å²) in [4.78, 5) is 3.12. The van der Waals surface area contributed by atoms with Crippen molar-refractivity contribution in [1.82, 2.24) is 0 Å². The first-order valence-corrected chi connectivity index (χ1v) is 1.69. The Morgan fingerprint density at radius 3 is 1.11 bits per heavy atom. The molecule has 0 bridgehead atoms. The van der Waals surface area contributed by atoms with Gasteiger partial charge in [0.1, 0.15) is 0 Å². The van der Waals surface area contributed by atoms with Crippen LogP contribution in [0.25, 0.3) is 0 Å². The summed E-state index contributed by atoms with van der Waals surface area (Å²) in [6.45, 7) is 0. The van der Waals surface area contributed by atoms with E-state index in [-0.39, 0.29) is 71.7 Å². The van der Waals surface area contributed by atoms with Gasteiger partial charge in [0.05, 0.1) is 0 Å². The molecule has 0 unspecified atom stereocenters. The third-order valence-electron chi connectivity index (χ3n) is 0.0674. The van der Waals surface area contributed by atoms with Gasteiger partial charge in [-0.05, 0) is 0 Å². The Morgan fingerprint density at radius 2 is 1.11 bits per heavy atom. The zero-order chi connectivity index (χ0) is 4.12. The van der Waals surface area contributed by atoms with Crippen molar-refractivity contribution in [3.8, 4) is 9.94 Å². The summed E-state index contributed by atoms with van der Waals surface area (Å²) in [6, 6.07) is 0. The smallest absolute Gasteiger partial charge is 1.00 e. The molecule has 0 N–H and O–H groups in total.